The van der Waals surface area contributed by atoms with E-state index in [2.05, 4.69) is 17.1 Å². The van der Waals surface area contributed by atoms with Crippen molar-refractivity contribution in [1.82, 2.24) is 10.1 Å². The Hall–Kier alpha value is -1.39. The largest absolute Gasteiger partial charge is 0.459 e. The quantitative estimate of drug-likeness (QED) is 0.683. The van der Waals surface area contributed by atoms with E-state index in [4.69, 9.17) is 9.26 Å². The van der Waals surface area contributed by atoms with Crippen LogP contribution in [0.25, 0.3) is 0 Å². The molecule has 0 aliphatic heterocycles. The second-order valence-electron chi connectivity index (χ2n) is 3.50. The van der Waals surface area contributed by atoms with Crippen molar-refractivity contribution in [2.75, 3.05) is 6.61 Å². The second-order valence-corrected chi connectivity index (χ2v) is 3.50. The summed E-state index contributed by atoms with van der Waals surface area (Å²) >= 11 is 0. The van der Waals surface area contributed by atoms with Crippen LogP contribution in [0.4, 0.5) is 0 Å². The average Bonchev–Trinajstić information content (AvgIpc) is 2.70. The van der Waals surface area contributed by atoms with Gasteiger partial charge in [0.1, 0.15) is 0 Å². The van der Waals surface area contributed by atoms with Crippen LogP contribution in [0.1, 0.15) is 42.7 Å². The van der Waals surface area contributed by atoms with Gasteiger partial charge in [0, 0.05) is 5.92 Å². The molecule has 5 nitrogen and oxygen atoms in total. The second kappa shape index (κ2) is 3.40. The number of esters is 1. The molecule has 0 amide bonds. The molecule has 0 radical (unpaired) electrons. The molecule has 2 rings (SSSR count). The molecule has 0 bridgehead atoms. The summed E-state index contributed by atoms with van der Waals surface area (Å²) in [6, 6.07) is 0. The Morgan fingerprint density at radius 1 is 1.71 bits per heavy atom. The van der Waals surface area contributed by atoms with Crippen molar-refractivity contribution in [2.45, 2.75) is 26.2 Å². The minimum atomic E-state index is -0.542. The standard InChI is InChI=1S/C9H12N2O3/c1-3-13-9(12)8-10-7(11-14-8)6-4-5(6)2/h5-6H,3-4H2,1-2H3/t5-,6+/m0/s1. The molecule has 0 spiro atoms. The van der Waals surface area contributed by atoms with Crippen LogP contribution in [-0.4, -0.2) is 22.7 Å². The summed E-state index contributed by atoms with van der Waals surface area (Å²) in [6.45, 7) is 4.17. The molecule has 0 saturated heterocycles. The van der Waals surface area contributed by atoms with Crippen LogP contribution in [0.5, 0.6) is 0 Å². The van der Waals surface area contributed by atoms with Crippen molar-refractivity contribution in [1.29, 1.82) is 0 Å². The number of hydrogen-bond acceptors (Lipinski definition) is 5. The van der Waals surface area contributed by atoms with Crippen LogP contribution in [0, 0.1) is 5.92 Å². The van der Waals surface area contributed by atoms with Crippen LogP contribution in [0.2, 0.25) is 0 Å². The van der Waals surface area contributed by atoms with Gasteiger partial charge in [-0.1, -0.05) is 12.1 Å². The highest BCUT2D eigenvalue weighted by atomic mass is 16.6. The van der Waals surface area contributed by atoms with E-state index in [0.717, 1.165) is 6.42 Å². The van der Waals surface area contributed by atoms with E-state index in [1.807, 2.05) is 0 Å². The molecule has 2 atom stereocenters. The summed E-state index contributed by atoms with van der Waals surface area (Å²) in [4.78, 5) is 15.2. The Morgan fingerprint density at radius 3 is 3.00 bits per heavy atom. The summed E-state index contributed by atoms with van der Waals surface area (Å²) in [5.41, 5.74) is 0. The van der Waals surface area contributed by atoms with Crippen molar-refractivity contribution in [3.05, 3.63) is 11.7 Å². The topological polar surface area (TPSA) is 65.2 Å². The molecule has 14 heavy (non-hydrogen) atoms. The summed E-state index contributed by atoms with van der Waals surface area (Å²) < 4.78 is 9.53. The van der Waals surface area contributed by atoms with Gasteiger partial charge in [0.25, 0.3) is 0 Å². The molecule has 1 aliphatic carbocycles. The first-order chi connectivity index (χ1) is 6.72. The van der Waals surface area contributed by atoms with Gasteiger partial charge in [-0.3, -0.25) is 0 Å². The number of aromatic nitrogens is 2. The first-order valence-electron chi connectivity index (χ1n) is 4.73. The van der Waals surface area contributed by atoms with Gasteiger partial charge in [0.05, 0.1) is 6.61 Å². The molecule has 1 aromatic heterocycles. The Labute approximate surface area is 81.4 Å². The van der Waals surface area contributed by atoms with Crippen molar-refractivity contribution in [2.24, 2.45) is 5.92 Å². The third kappa shape index (κ3) is 1.62. The number of ether oxygens (including phenoxy) is 1. The zero-order chi connectivity index (χ0) is 10.1. The van der Waals surface area contributed by atoms with Crippen LogP contribution < -0.4 is 0 Å². The molecule has 1 aliphatic rings. The SMILES string of the molecule is CCOC(=O)c1nc([C@@H]2C[C@@H]2C)no1. The minimum Gasteiger partial charge on any atom is -0.459 e. The molecule has 76 valence electrons. The van der Waals surface area contributed by atoms with Gasteiger partial charge < -0.3 is 9.26 Å². The molecule has 0 aromatic carbocycles. The molecule has 1 saturated carbocycles. The third-order valence-electron chi connectivity index (χ3n) is 2.33. The molecule has 5 heteroatoms. The summed E-state index contributed by atoms with van der Waals surface area (Å²) in [6.07, 6.45) is 1.07. The lowest BCUT2D eigenvalue weighted by atomic mass is 10.3. The molecule has 1 aromatic rings. The highest BCUT2D eigenvalue weighted by molar-refractivity contribution is 5.83. The summed E-state index contributed by atoms with van der Waals surface area (Å²) in [5, 5.41) is 3.74. The van der Waals surface area contributed by atoms with Crippen molar-refractivity contribution in [3.8, 4) is 0 Å². The zero-order valence-electron chi connectivity index (χ0n) is 8.19. The average molecular weight is 196 g/mol. The highest BCUT2D eigenvalue weighted by Gasteiger charge is 2.38. The fourth-order valence-electron chi connectivity index (χ4n) is 1.34. The summed E-state index contributed by atoms with van der Waals surface area (Å²) in [7, 11) is 0. The van der Waals surface area contributed by atoms with Crippen molar-refractivity contribution in [3.63, 3.8) is 0 Å². The number of hydrogen-bond donors (Lipinski definition) is 0. The molecular formula is C9H12N2O3. The monoisotopic (exact) mass is 196 g/mol. The van der Waals surface area contributed by atoms with Gasteiger partial charge in [-0.15, -0.1) is 0 Å². The van der Waals surface area contributed by atoms with Crippen LogP contribution in [0.15, 0.2) is 4.52 Å². The fourth-order valence-corrected chi connectivity index (χ4v) is 1.34. The number of rotatable bonds is 3. The van der Waals surface area contributed by atoms with Gasteiger partial charge in [0.15, 0.2) is 5.82 Å². The molecule has 1 fully saturated rings. The van der Waals surface area contributed by atoms with E-state index < -0.39 is 5.97 Å². The van der Waals surface area contributed by atoms with E-state index in [0.29, 0.717) is 24.3 Å². The van der Waals surface area contributed by atoms with E-state index in [1.54, 1.807) is 6.92 Å². The molecule has 0 N–H and O–H groups in total. The summed E-state index contributed by atoms with van der Waals surface area (Å²) in [5.74, 6) is 1.01. The maximum atomic E-state index is 11.2. The maximum Gasteiger partial charge on any atom is 0.397 e. The van der Waals surface area contributed by atoms with Gasteiger partial charge in [0.2, 0.25) is 0 Å². The van der Waals surface area contributed by atoms with E-state index >= 15 is 0 Å². The lowest BCUT2D eigenvalue weighted by Gasteiger charge is -1.93. The normalized spacial score (nSPS) is 24.7. The Balaban J connectivity index is 2.06. The Morgan fingerprint density at radius 2 is 2.43 bits per heavy atom. The third-order valence-corrected chi connectivity index (χ3v) is 2.33. The van der Waals surface area contributed by atoms with E-state index in [-0.39, 0.29) is 5.89 Å². The predicted octanol–water partition coefficient (Wildman–Crippen LogP) is 1.37. The molecule has 0 unspecified atom stereocenters. The lowest BCUT2D eigenvalue weighted by molar-refractivity contribution is 0.0470. The molecular weight excluding hydrogens is 184 g/mol. The predicted molar refractivity (Wildman–Crippen MR) is 46.8 cm³/mol. The number of carbonyl (C=O) groups is 1. The van der Waals surface area contributed by atoms with Gasteiger partial charge in [-0.25, -0.2) is 4.79 Å². The van der Waals surface area contributed by atoms with Crippen LogP contribution in [0.3, 0.4) is 0 Å². The van der Waals surface area contributed by atoms with Gasteiger partial charge >= 0.3 is 11.9 Å². The first-order valence-corrected chi connectivity index (χ1v) is 4.73. The number of nitrogens with zero attached hydrogens (tertiary/aromatic N) is 2. The first kappa shape index (κ1) is 9.18. The van der Waals surface area contributed by atoms with Crippen LogP contribution in [-0.2, 0) is 4.74 Å². The smallest absolute Gasteiger partial charge is 0.397 e. The van der Waals surface area contributed by atoms with Gasteiger partial charge in [-0.05, 0) is 19.3 Å². The lowest BCUT2D eigenvalue weighted by Crippen LogP contribution is -2.04. The number of carbonyl (C=O) groups excluding carboxylic acids is 1. The Bertz CT molecular complexity index is 348. The van der Waals surface area contributed by atoms with Crippen molar-refractivity contribution >= 4 is 5.97 Å². The van der Waals surface area contributed by atoms with Crippen LogP contribution >= 0.6 is 0 Å². The van der Waals surface area contributed by atoms with Crippen molar-refractivity contribution < 1.29 is 14.1 Å². The maximum absolute atomic E-state index is 11.2. The Kier molecular flexibility index (Phi) is 2.23. The highest BCUT2D eigenvalue weighted by Crippen LogP contribution is 2.45. The fraction of sp³-hybridized carbons (Fsp3) is 0.667. The van der Waals surface area contributed by atoms with E-state index in [9.17, 15) is 4.79 Å². The molecule has 1 heterocycles. The minimum absolute atomic E-state index is 0.0408. The van der Waals surface area contributed by atoms with E-state index in [1.165, 1.54) is 0 Å². The van der Waals surface area contributed by atoms with Gasteiger partial charge in [-0.2, -0.15) is 4.98 Å². The zero-order valence-corrected chi connectivity index (χ0v) is 8.19.